The highest BCUT2D eigenvalue weighted by Gasteiger charge is 2.09. The lowest BCUT2D eigenvalue weighted by molar-refractivity contribution is 0.445. The second kappa shape index (κ2) is 8.07. The summed E-state index contributed by atoms with van der Waals surface area (Å²) in [6.45, 7) is 4.99. The molecule has 0 aliphatic heterocycles. The predicted molar refractivity (Wildman–Crippen MR) is 83.7 cm³/mol. The van der Waals surface area contributed by atoms with Crippen LogP contribution in [0.15, 0.2) is 34.7 Å². The fourth-order valence-electron chi connectivity index (χ4n) is 1.79. The molecule has 1 aromatic heterocycles. The average molecular weight is 291 g/mol. The van der Waals surface area contributed by atoms with E-state index in [0.717, 1.165) is 12.0 Å². The molecule has 0 fully saturated rings. The van der Waals surface area contributed by atoms with Crippen LogP contribution in [0.4, 0.5) is 0 Å². The number of aromatic nitrogens is 2. The van der Waals surface area contributed by atoms with Gasteiger partial charge in [0.05, 0.1) is 6.54 Å². The first kappa shape index (κ1) is 15.1. The highest BCUT2D eigenvalue weighted by molar-refractivity contribution is 7.99. The number of thioether (sulfide) groups is 1. The molecule has 1 atom stereocenters. The Kier molecular flexibility index (Phi) is 6.08. The van der Waals surface area contributed by atoms with Gasteiger partial charge in [-0.1, -0.05) is 25.1 Å². The molecule has 0 aliphatic carbocycles. The van der Waals surface area contributed by atoms with E-state index in [-0.39, 0.29) is 0 Å². The van der Waals surface area contributed by atoms with E-state index in [9.17, 15) is 0 Å². The first-order valence-electron chi connectivity index (χ1n) is 6.98. The van der Waals surface area contributed by atoms with Gasteiger partial charge in [0.1, 0.15) is 0 Å². The zero-order valence-corrected chi connectivity index (χ0v) is 12.8. The van der Waals surface area contributed by atoms with Gasteiger partial charge < -0.3 is 9.73 Å². The molecule has 4 nitrogen and oxygen atoms in total. The summed E-state index contributed by atoms with van der Waals surface area (Å²) in [5.41, 5.74) is 0.957. The van der Waals surface area contributed by atoms with Crippen LogP contribution in [0.5, 0.6) is 0 Å². The normalized spacial score (nSPS) is 12.5. The molecule has 0 radical (unpaired) electrons. The Hall–Kier alpha value is -1.33. The summed E-state index contributed by atoms with van der Waals surface area (Å²) in [4.78, 5) is 0. The number of hydrogen-bond acceptors (Lipinski definition) is 5. The topological polar surface area (TPSA) is 51.0 Å². The fourth-order valence-corrected chi connectivity index (χ4v) is 2.60. The maximum absolute atomic E-state index is 5.66. The van der Waals surface area contributed by atoms with Crippen LogP contribution in [0, 0.1) is 0 Å². The number of hydrogen-bond donors (Lipinski definition) is 1. The molecule has 5 heteroatoms. The molecule has 0 aliphatic rings. The average Bonchev–Trinajstić information content (AvgIpc) is 2.95. The lowest BCUT2D eigenvalue weighted by Gasteiger charge is -2.11. The number of benzene rings is 1. The minimum Gasteiger partial charge on any atom is -0.419 e. The summed E-state index contributed by atoms with van der Waals surface area (Å²) in [5.74, 6) is 3.58. The first-order valence-corrected chi connectivity index (χ1v) is 8.14. The molecule has 2 aromatic rings. The molecule has 0 amide bonds. The molecular formula is C15H21N3OS. The maximum Gasteiger partial charge on any atom is 0.247 e. The summed E-state index contributed by atoms with van der Waals surface area (Å²) >= 11 is 1.97. The van der Waals surface area contributed by atoms with Crippen molar-refractivity contribution < 1.29 is 4.42 Å². The molecule has 20 heavy (non-hydrogen) atoms. The zero-order chi connectivity index (χ0) is 14.2. The Bertz CT molecular complexity index is 501. The lowest BCUT2D eigenvalue weighted by Crippen LogP contribution is -2.26. The van der Waals surface area contributed by atoms with E-state index in [2.05, 4.69) is 29.4 Å². The molecule has 1 heterocycles. The molecule has 0 saturated carbocycles. The third kappa shape index (κ3) is 4.65. The molecule has 1 aromatic carbocycles. The van der Waals surface area contributed by atoms with Gasteiger partial charge in [0, 0.05) is 11.6 Å². The van der Waals surface area contributed by atoms with E-state index in [1.54, 1.807) is 0 Å². The summed E-state index contributed by atoms with van der Waals surface area (Å²) in [6, 6.07) is 10.3. The Balaban J connectivity index is 1.81. The highest BCUT2D eigenvalue weighted by Crippen LogP contribution is 2.16. The second-order valence-corrected chi connectivity index (χ2v) is 6.03. The molecule has 0 saturated heterocycles. The number of rotatable bonds is 8. The van der Waals surface area contributed by atoms with E-state index in [0.29, 0.717) is 24.4 Å². The van der Waals surface area contributed by atoms with E-state index < -0.39 is 0 Å². The van der Waals surface area contributed by atoms with Gasteiger partial charge in [-0.3, -0.25) is 0 Å². The zero-order valence-electron chi connectivity index (χ0n) is 12.0. The lowest BCUT2D eigenvalue weighted by atomic mass is 10.2. The first-order chi connectivity index (χ1) is 9.79. The van der Waals surface area contributed by atoms with Crippen LogP contribution in [0.3, 0.4) is 0 Å². The van der Waals surface area contributed by atoms with Gasteiger partial charge in [0.25, 0.3) is 0 Å². The Morgan fingerprint density at radius 3 is 2.80 bits per heavy atom. The van der Waals surface area contributed by atoms with E-state index >= 15 is 0 Å². The van der Waals surface area contributed by atoms with Crippen molar-refractivity contribution in [3.05, 3.63) is 36.2 Å². The van der Waals surface area contributed by atoms with Gasteiger partial charge in [-0.05, 0) is 37.0 Å². The molecule has 108 valence electrons. The molecule has 2 rings (SSSR count). The maximum atomic E-state index is 5.66. The van der Waals surface area contributed by atoms with Crippen molar-refractivity contribution in [2.24, 2.45) is 0 Å². The Morgan fingerprint density at radius 2 is 2.05 bits per heavy atom. The Labute approximate surface area is 124 Å². The number of nitrogens with one attached hydrogen (secondary N) is 1. The van der Waals surface area contributed by atoms with Gasteiger partial charge in [-0.2, -0.15) is 11.8 Å². The standard InChI is InChI=1S/C15H21N3OS/c1-3-20-10-9-12(2)16-11-14-17-18-15(19-14)13-7-5-4-6-8-13/h4-8,12,16H,3,9-11H2,1-2H3. The van der Waals surface area contributed by atoms with Crippen LogP contribution >= 0.6 is 11.8 Å². The van der Waals surface area contributed by atoms with Crippen molar-refractivity contribution in [1.29, 1.82) is 0 Å². The molecular weight excluding hydrogens is 270 g/mol. The van der Waals surface area contributed by atoms with Crippen LogP contribution in [-0.4, -0.2) is 27.7 Å². The largest absolute Gasteiger partial charge is 0.419 e. The van der Waals surface area contributed by atoms with Crippen LogP contribution in [0.2, 0.25) is 0 Å². The fraction of sp³-hybridized carbons (Fsp3) is 0.467. The van der Waals surface area contributed by atoms with Gasteiger partial charge >= 0.3 is 0 Å². The van der Waals surface area contributed by atoms with Gasteiger partial charge in [0.15, 0.2) is 0 Å². The molecule has 1 N–H and O–H groups in total. The Morgan fingerprint density at radius 1 is 1.25 bits per heavy atom. The van der Waals surface area contributed by atoms with Crippen molar-refractivity contribution >= 4 is 11.8 Å². The van der Waals surface area contributed by atoms with Crippen LogP contribution in [0.25, 0.3) is 11.5 Å². The van der Waals surface area contributed by atoms with Crippen molar-refractivity contribution in [1.82, 2.24) is 15.5 Å². The second-order valence-electron chi connectivity index (χ2n) is 4.63. The van der Waals surface area contributed by atoms with Crippen molar-refractivity contribution in [3.63, 3.8) is 0 Å². The third-order valence-electron chi connectivity index (χ3n) is 2.99. The van der Waals surface area contributed by atoms with Crippen molar-refractivity contribution in [2.75, 3.05) is 11.5 Å². The number of nitrogens with zero attached hydrogens (tertiary/aromatic N) is 2. The van der Waals surface area contributed by atoms with Gasteiger partial charge in [-0.15, -0.1) is 10.2 Å². The van der Waals surface area contributed by atoms with Crippen LogP contribution in [0.1, 0.15) is 26.2 Å². The van der Waals surface area contributed by atoms with Crippen molar-refractivity contribution in [3.8, 4) is 11.5 Å². The van der Waals surface area contributed by atoms with Crippen LogP contribution in [-0.2, 0) is 6.54 Å². The van der Waals surface area contributed by atoms with E-state index in [4.69, 9.17) is 4.42 Å². The van der Waals surface area contributed by atoms with Crippen LogP contribution < -0.4 is 5.32 Å². The van der Waals surface area contributed by atoms with E-state index in [1.165, 1.54) is 11.5 Å². The van der Waals surface area contributed by atoms with E-state index in [1.807, 2.05) is 42.1 Å². The predicted octanol–water partition coefficient (Wildman–Crippen LogP) is 3.36. The molecule has 0 spiro atoms. The monoisotopic (exact) mass is 291 g/mol. The SMILES string of the molecule is CCSCCC(C)NCc1nnc(-c2ccccc2)o1. The smallest absolute Gasteiger partial charge is 0.247 e. The minimum absolute atomic E-state index is 0.459. The summed E-state index contributed by atoms with van der Waals surface area (Å²) in [7, 11) is 0. The van der Waals surface area contributed by atoms with Gasteiger partial charge in [-0.25, -0.2) is 0 Å². The minimum atomic E-state index is 0.459. The summed E-state index contributed by atoms with van der Waals surface area (Å²) in [6.07, 6.45) is 1.15. The molecule has 0 bridgehead atoms. The highest BCUT2D eigenvalue weighted by atomic mass is 32.2. The van der Waals surface area contributed by atoms with Gasteiger partial charge in [0.2, 0.25) is 11.8 Å². The summed E-state index contributed by atoms with van der Waals surface area (Å²) in [5, 5.41) is 11.6. The third-order valence-corrected chi connectivity index (χ3v) is 3.92. The van der Waals surface area contributed by atoms with Crippen molar-refractivity contribution in [2.45, 2.75) is 32.9 Å². The molecule has 1 unspecified atom stereocenters. The summed E-state index contributed by atoms with van der Waals surface area (Å²) < 4.78 is 5.66. The quantitative estimate of drug-likeness (QED) is 0.756.